The van der Waals surface area contributed by atoms with E-state index in [1.165, 1.54) is 11.8 Å². The summed E-state index contributed by atoms with van der Waals surface area (Å²) in [6.07, 6.45) is 0. The number of carbonyl (C=O) groups excluding carboxylic acids is 1. The highest BCUT2D eigenvalue weighted by atomic mass is 32.2. The number of rotatable bonds is 4. The first-order valence-corrected chi connectivity index (χ1v) is 7.20. The van der Waals surface area contributed by atoms with Gasteiger partial charge in [0.1, 0.15) is 0 Å². The molecule has 0 unspecified atom stereocenters. The molecule has 1 atom stereocenters. The van der Waals surface area contributed by atoms with Crippen LogP contribution in [0.15, 0.2) is 28.6 Å². The lowest BCUT2D eigenvalue weighted by Crippen LogP contribution is -2.30. The maximum atomic E-state index is 11.6. The van der Waals surface area contributed by atoms with Crippen LogP contribution in [-0.2, 0) is 4.79 Å². The van der Waals surface area contributed by atoms with Gasteiger partial charge in [-0.2, -0.15) is 0 Å². The summed E-state index contributed by atoms with van der Waals surface area (Å²) in [5.41, 5.74) is 1.00. The van der Waals surface area contributed by atoms with Crippen LogP contribution in [0.2, 0.25) is 0 Å². The van der Waals surface area contributed by atoms with Crippen LogP contribution < -0.4 is 5.32 Å². The molecule has 0 saturated heterocycles. The van der Waals surface area contributed by atoms with Gasteiger partial charge in [-0.3, -0.25) is 4.79 Å². The molecule has 0 fully saturated rings. The summed E-state index contributed by atoms with van der Waals surface area (Å²) in [6.45, 7) is 4.50. The van der Waals surface area contributed by atoms with Crippen molar-refractivity contribution >= 4 is 39.2 Å². The molecule has 1 N–H and O–H groups in total. The Morgan fingerprint density at radius 2 is 2.29 bits per heavy atom. The van der Waals surface area contributed by atoms with E-state index in [0.717, 1.165) is 14.6 Å². The zero-order chi connectivity index (χ0) is 12.3. The van der Waals surface area contributed by atoms with Crippen LogP contribution in [0, 0.1) is 0 Å². The highest BCUT2D eigenvalue weighted by Gasteiger charge is 2.15. The summed E-state index contributed by atoms with van der Waals surface area (Å²) >= 11 is 3.15. The third-order valence-electron chi connectivity index (χ3n) is 2.27. The minimum atomic E-state index is -0.101. The van der Waals surface area contributed by atoms with Crippen molar-refractivity contribution in [3.63, 3.8) is 0 Å². The van der Waals surface area contributed by atoms with Gasteiger partial charge in [-0.05, 0) is 26.0 Å². The first kappa shape index (κ1) is 12.4. The van der Waals surface area contributed by atoms with Crippen LogP contribution in [0.5, 0.6) is 0 Å². The molecule has 17 heavy (non-hydrogen) atoms. The van der Waals surface area contributed by atoms with E-state index < -0.39 is 0 Å². The molecule has 3 nitrogen and oxygen atoms in total. The first-order chi connectivity index (χ1) is 8.20. The molecule has 1 heterocycles. The van der Waals surface area contributed by atoms with E-state index >= 15 is 0 Å². The van der Waals surface area contributed by atoms with Gasteiger partial charge in [-0.1, -0.05) is 23.9 Å². The molecule has 2 rings (SSSR count). The molecule has 0 aliphatic heterocycles. The lowest BCUT2D eigenvalue weighted by Gasteiger charge is -2.07. The topological polar surface area (TPSA) is 42.0 Å². The van der Waals surface area contributed by atoms with E-state index in [1.54, 1.807) is 11.3 Å². The number of thioether (sulfide) groups is 1. The normalized spacial score (nSPS) is 12.6. The molecule has 0 saturated carbocycles. The van der Waals surface area contributed by atoms with Gasteiger partial charge < -0.3 is 5.32 Å². The molecule has 1 aromatic heterocycles. The Kier molecular flexibility index (Phi) is 4.02. The molecule has 0 aliphatic rings. The minimum absolute atomic E-state index is 0.0664. The molecule has 0 aliphatic carbocycles. The minimum Gasteiger partial charge on any atom is -0.355 e. The van der Waals surface area contributed by atoms with E-state index in [9.17, 15) is 4.79 Å². The van der Waals surface area contributed by atoms with Crippen LogP contribution in [-0.4, -0.2) is 22.7 Å². The summed E-state index contributed by atoms with van der Waals surface area (Å²) < 4.78 is 2.11. The quantitative estimate of drug-likeness (QED) is 0.865. The smallest absolute Gasteiger partial charge is 0.233 e. The third-order valence-corrected chi connectivity index (χ3v) is 4.50. The number of aromatic nitrogens is 1. The van der Waals surface area contributed by atoms with Gasteiger partial charge >= 0.3 is 0 Å². The zero-order valence-corrected chi connectivity index (χ0v) is 11.4. The second-order valence-electron chi connectivity index (χ2n) is 3.60. The van der Waals surface area contributed by atoms with Crippen LogP contribution in [0.25, 0.3) is 10.2 Å². The molecule has 5 heteroatoms. The van der Waals surface area contributed by atoms with Gasteiger partial charge in [0.2, 0.25) is 5.91 Å². The summed E-state index contributed by atoms with van der Waals surface area (Å²) in [7, 11) is 0. The van der Waals surface area contributed by atoms with Crippen LogP contribution in [0.3, 0.4) is 0 Å². The van der Waals surface area contributed by atoms with E-state index in [4.69, 9.17) is 0 Å². The molecule has 90 valence electrons. The second kappa shape index (κ2) is 5.51. The molecular weight excluding hydrogens is 252 g/mol. The predicted molar refractivity (Wildman–Crippen MR) is 73.6 cm³/mol. The van der Waals surface area contributed by atoms with Crippen molar-refractivity contribution in [1.82, 2.24) is 10.3 Å². The van der Waals surface area contributed by atoms with E-state index in [0.29, 0.717) is 6.54 Å². The van der Waals surface area contributed by atoms with Crippen molar-refractivity contribution in [2.24, 2.45) is 0 Å². The summed E-state index contributed by atoms with van der Waals surface area (Å²) in [6, 6.07) is 8.02. The van der Waals surface area contributed by atoms with Gasteiger partial charge in [-0.25, -0.2) is 4.98 Å². The summed E-state index contributed by atoms with van der Waals surface area (Å²) in [4.78, 5) is 16.1. The number of nitrogens with one attached hydrogen (secondary N) is 1. The van der Waals surface area contributed by atoms with Crippen molar-refractivity contribution in [3.05, 3.63) is 24.3 Å². The number of carbonyl (C=O) groups is 1. The van der Waals surface area contributed by atoms with Crippen LogP contribution >= 0.6 is 23.1 Å². The Bertz CT molecular complexity index is 491. The second-order valence-corrected chi connectivity index (χ2v) is 6.22. The van der Waals surface area contributed by atoms with Crippen molar-refractivity contribution in [2.75, 3.05) is 6.54 Å². The van der Waals surface area contributed by atoms with Crippen molar-refractivity contribution in [1.29, 1.82) is 0 Å². The average molecular weight is 266 g/mol. The van der Waals surface area contributed by atoms with Crippen molar-refractivity contribution in [2.45, 2.75) is 23.4 Å². The fourth-order valence-corrected chi connectivity index (χ4v) is 3.66. The number of fused-ring (bicyclic) bond motifs is 1. The van der Waals surface area contributed by atoms with Gasteiger partial charge in [0, 0.05) is 6.54 Å². The number of para-hydroxylation sites is 1. The Morgan fingerprint density at radius 3 is 3.00 bits per heavy atom. The molecule has 1 aromatic carbocycles. The Balaban J connectivity index is 2.10. The van der Waals surface area contributed by atoms with E-state index in [-0.39, 0.29) is 11.2 Å². The predicted octanol–water partition coefficient (Wildman–Crippen LogP) is 2.91. The molecule has 0 spiro atoms. The fourth-order valence-electron chi connectivity index (χ4n) is 1.42. The van der Waals surface area contributed by atoms with Crippen molar-refractivity contribution < 1.29 is 4.79 Å². The molecular formula is C12H14N2OS2. The van der Waals surface area contributed by atoms with Gasteiger partial charge in [0.25, 0.3) is 0 Å². The highest BCUT2D eigenvalue weighted by molar-refractivity contribution is 8.02. The number of amides is 1. The maximum absolute atomic E-state index is 11.6. The van der Waals surface area contributed by atoms with Crippen LogP contribution in [0.1, 0.15) is 13.8 Å². The van der Waals surface area contributed by atoms with Gasteiger partial charge in [-0.15, -0.1) is 11.3 Å². The monoisotopic (exact) mass is 266 g/mol. The van der Waals surface area contributed by atoms with Gasteiger partial charge in [0.05, 0.1) is 15.5 Å². The molecule has 0 bridgehead atoms. The highest BCUT2D eigenvalue weighted by Crippen LogP contribution is 2.31. The SMILES string of the molecule is CCNC(=O)[C@@H](C)Sc1nc2ccccc2s1. The van der Waals surface area contributed by atoms with Crippen LogP contribution in [0.4, 0.5) is 0 Å². The maximum Gasteiger partial charge on any atom is 0.233 e. The largest absolute Gasteiger partial charge is 0.355 e. The fraction of sp³-hybridized carbons (Fsp3) is 0.333. The zero-order valence-electron chi connectivity index (χ0n) is 9.77. The Hall–Kier alpha value is -1.07. The molecule has 1 amide bonds. The Labute approximate surface area is 109 Å². The third kappa shape index (κ3) is 2.98. The van der Waals surface area contributed by atoms with E-state index in [2.05, 4.69) is 10.3 Å². The standard InChI is InChI=1S/C12H14N2OS2/c1-3-13-11(15)8(2)16-12-14-9-6-4-5-7-10(9)17-12/h4-8H,3H2,1-2H3,(H,13,15)/t8-/m1/s1. The summed E-state index contributed by atoms with van der Waals surface area (Å²) in [5.74, 6) is 0.0664. The van der Waals surface area contributed by atoms with Gasteiger partial charge in [0.15, 0.2) is 4.34 Å². The Morgan fingerprint density at radius 1 is 1.53 bits per heavy atom. The van der Waals surface area contributed by atoms with Crippen molar-refractivity contribution in [3.8, 4) is 0 Å². The summed E-state index contributed by atoms with van der Waals surface area (Å²) in [5, 5.41) is 2.72. The van der Waals surface area contributed by atoms with E-state index in [1.807, 2.05) is 38.1 Å². The first-order valence-electron chi connectivity index (χ1n) is 5.50. The number of nitrogens with zero attached hydrogens (tertiary/aromatic N) is 1. The molecule has 2 aromatic rings. The number of benzene rings is 1. The molecule has 0 radical (unpaired) electrons. The lowest BCUT2D eigenvalue weighted by atomic mass is 10.3. The number of thiazole rings is 1. The number of hydrogen-bond acceptors (Lipinski definition) is 4. The number of hydrogen-bond donors (Lipinski definition) is 1. The average Bonchev–Trinajstić information content (AvgIpc) is 2.71. The lowest BCUT2D eigenvalue weighted by molar-refractivity contribution is -0.120.